The maximum Gasteiger partial charge on any atom is 0.188 e. The van der Waals surface area contributed by atoms with Gasteiger partial charge < -0.3 is 10.6 Å². The van der Waals surface area contributed by atoms with Gasteiger partial charge in [-0.15, -0.1) is 0 Å². The molecule has 0 aromatic heterocycles. The highest BCUT2D eigenvalue weighted by atomic mass is 15.2. The van der Waals surface area contributed by atoms with Crippen molar-refractivity contribution < 1.29 is 0 Å². The highest BCUT2D eigenvalue weighted by Gasteiger charge is 2.13. The first-order valence-corrected chi connectivity index (χ1v) is 3.38. The van der Waals surface area contributed by atoms with E-state index in [0.717, 1.165) is 6.54 Å². The zero-order chi connectivity index (χ0) is 8.36. The minimum Gasteiger partial charge on any atom is -0.370 e. The van der Waals surface area contributed by atoms with Crippen LogP contribution in [0.5, 0.6) is 0 Å². The van der Waals surface area contributed by atoms with E-state index in [4.69, 9.17) is 11.1 Å². The molecule has 0 heterocycles. The standard InChI is InChI=1S/C7H17N3/c1-7(2,3)5-10(4)6(8)9/h5H2,1-4H3,(H3,8,9). The predicted molar refractivity (Wildman–Crippen MR) is 44.0 cm³/mol. The highest BCUT2D eigenvalue weighted by molar-refractivity contribution is 5.74. The van der Waals surface area contributed by atoms with Crippen molar-refractivity contribution >= 4 is 5.96 Å². The quantitative estimate of drug-likeness (QED) is 0.422. The molecular weight excluding hydrogens is 126 g/mol. The van der Waals surface area contributed by atoms with Crippen molar-refractivity contribution in [2.24, 2.45) is 11.1 Å². The maximum atomic E-state index is 7.08. The van der Waals surface area contributed by atoms with Crippen LogP contribution in [0.2, 0.25) is 0 Å². The number of nitrogens with one attached hydrogen (secondary N) is 1. The van der Waals surface area contributed by atoms with Gasteiger partial charge >= 0.3 is 0 Å². The Labute approximate surface area is 62.7 Å². The van der Waals surface area contributed by atoms with Crippen molar-refractivity contribution in [2.75, 3.05) is 13.6 Å². The van der Waals surface area contributed by atoms with E-state index in [-0.39, 0.29) is 11.4 Å². The third kappa shape index (κ3) is 4.18. The lowest BCUT2D eigenvalue weighted by atomic mass is 9.96. The second-order valence-corrected chi connectivity index (χ2v) is 3.80. The molecule has 0 rings (SSSR count). The number of guanidine groups is 1. The normalized spacial score (nSPS) is 11.2. The molecule has 0 amide bonds. The van der Waals surface area contributed by atoms with E-state index in [1.807, 2.05) is 7.05 Å². The first-order chi connectivity index (χ1) is 4.33. The summed E-state index contributed by atoms with van der Waals surface area (Å²) in [5.74, 6) is 0.134. The molecule has 0 radical (unpaired) electrons. The molecule has 3 nitrogen and oxygen atoms in total. The van der Waals surface area contributed by atoms with E-state index in [0.29, 0.717) is 0 Å². The van der Waals surface area contributed by atoms with Gasteiger partial charge in [-0.25, -0.2) is 0 Å². The van der Waals surface area contributed by atoms with Gasteiger partial charge in [0.15, 0.2) is 5.96 Å². The van der Waals surface area contributed by atoms with Gasteiger partial charge in [0, 0.05) is 13.6 Å². The molecule has 0 aromatic carbocycles. The molecule has 0 saturated heterocycles. The van der Waals surface area contributed by atoms with Crippen molar-refractivity contribution in [3.63, 3.8) is 0 Å². The molecule has 0 aliphatic rings. The smallest absolute Gasteiger partial charge is 0.188 e. The minimum atomic E-state index is 0.134. The Bertz CT molecular complexity index is 123. The van der Waals surface area contributed by atoms with Gasteiger partial charge in [0.2, 0.25) is 0 Å². The summed E-state index contributed by atoms with van der Waals surface area (Å²) in [5.41, 5.74) is 5.46. The molecule has 0 aromatic rings. The minimum absolute atomic E-state index is 0.134. The molecule has 0 aliphatic carbocycles. The Morgan fingerprint density at radius 1 is 1.50 bits per heavy atom. The Morgan fingerprint density at radius 3 is 2.00 bits per heavy atom. The van der Waals surface area contributed by atoms with Crippen molar-refractivity contribution in [1.29, 1.82) is 5.41 Å². The Hall–Kier alpha value is -0.730. The van der Waals surface area contributed by atoms with Crippen LogP contribution in [0.25, 0.3) is 0 Å². The van der Waals surface area contributed by atoms with Gasteiger partial charge in [-0.3, -0.25) is 5.41 Å². The molecule has 0 unspecified atom stereocenters. The van der Waals surface area contributed by atoms with Crippen LogP contribution in [-0.2, 0) is 0 Å². The summed E-state index contributed by atoms with van der Waals surface area (Å²) in [6, 6.07) is 0. The van der Waals surface area contributed by atoms with E-state index in [2.05, 4.69) is 20.8 Å². The molecule has 0 spiro atoms. The van der Waals surface area contributed by atoms with E-state index in [1.54, 1.807) is 4.90 Å². The fraction of sp³-hybridized carbons (Fsp3) is 0.857. The van der Waals surface area contributed by atoms with Gasteiger partial charge in [0.05, 0.1) is 0 Å². The summed E-state index contributed by atoms with van der Waals surface area (Å²) < 4.78 is 0. The fourth-order valence-corrected chi connectivity index (χ4v) is 0.797. The van der Waals surface area contributed by atoms with Gasteiger partial charge in [-0.1, -0.05) is 20.8 Å². The maximum absolute atomic E-state index is 7.08. The van der Waals surface area contributed by atoms with E-state index in [1.165, 1.54) is 0 Å². The van der Waals surface area contributed by atoms with Crippen LogP contribution in [0.15, 0.2) is 0 Å². The predicted octanol–water partition coefficient (Wildman–Crippen LogP) is 0.858. The van der Waals surface area contributed by atoms with Crippen molar-refractivity contribution in [3.8, 4) is 0 Å². The second-order valence-electron chi connectivity index (χ2n) is 3.80. The van der Waals surface area contributed by atoms with Crippen LogP contribution >= 0.6 is 0 Å². The van der Waals surface area contributed by atoms with E-state index >= 15 is 0 Å². The molecule has 0 bridgehead atoms. The van der Waals surface area contributed by atoms with Gasteiger partial charge in [-0.05, 0) is 5.41 Å². The van der Waals surface area contributed by atoms with Crippen LogP contribution in [0, 0.1) is 10.8 Å². The lowest BCUT2D eigenvalue weighted by Crippen LogP contribution is -2.38. The van der Waals surface area contributed by atoms with Crippen LogP contribution in [0.4, 0.5) is 0 Å². The monoisotopic (exact) mass is 143 g/mol. The number of rotatable bonds is 1. The number of nitrogens with zero attached hydrogens (tertiary/aromatic N) is 1. The van der Waals surface area contributed by atoms with Crippen LogP contribution < -0.4 is 5.73 Å². The van der Waals surface area contributed by atoms with E-state index in [9.17, 15) is 0 Å². The molecule has 0 aliphatic heterocycles. The molecule has 0 atom stereocenters. The highest BCUT2D eigenvalue weighted by Crippen LogP contribution is 2.13. The summed E-state index contributed by atoms with van der Waals surface area (Å²) in [6.07, 6.45) is 0. The molecule has 3 N–H and O–H groups in total. The zero-order valence-corrected chi connectivity index (χ0v) is 7.23. The molecule has 60 valence electrons. The second kappa shape index (κ2) is 2.90. The lowest BCUT2D eigenvalue weighted by Gasteiger charge is -2.26. The van der Waals surface area contributed by atoms with Crippen LogP contribution in [0.3, 0.4) is 0 Å². The Morgan fingerprint density at radius 2 is 1.90 bits per heavy atom. The summed E-state index contributed by atoms with van der Waals surface area (Å²) >= 11 is 0. The van der Waals surface area contributed by atoms with Crippen LogP contribution in [-0.4, -0.2) is 24.5 Å². The molecule has 3 heteroatoms. The summed E-state index contributed by atoms with van der Waals surface area (Å²) in [7, 11) is 1.83. The largest absolute Gasteiger partial charge is 0.370 e. The van der Waals surface area contributed by atoms with Gasteiger partial charge in [-0.2, -0.15) is 0 Å². The Balaban J connectivity index is 3.80. The Kier molecular flexibility index (Phi) is 2.69. The topological polar surface area (TPSA) is 53.1 Å². The van der Waals surface area contributed by atoms with Gasteiger partial charge in [0.1, 0.15) is 0 Å². The van der Waals surface area contributed by atoms with Crippen LogP contribution in [0.1, 0.15) is 20.8 Å². The molecule has 0 saturated carbocycles. The van der Waals surface area contributed by atoms with Crippen molar-refractivity contribution in [3.05, 3.63) is 0 Å². The van der Waals surface area contributed by atoms with Crippen molar-refractivity contribution in [2.45, 2.75) is 20.8 Å². The first kappa shape index (κ1) is 9.27. The molecule has 10 heavy (non-hydrogen) atoms. The first-order valence-electron chi connectivity index (χ1n) is 3.38. The fourth-order valence-electron chi connectivity index (χ4n) is 0.797. The van der Waals surface area contributed by atoms with E-state index < -0.39 is 0 Å². The lowest BCUT2D eigenvalue weighted by molar-refractivity contribution is 0.303. The number of hydrogen-bond donors (Lipinski definition) is 2. The van der Waals surface area contributed by atoms with Crippen molar-refractivity contribution in [1.82, 2.24) is 4.90 Å². The van der Waals surface area contributed by atoms with Gasteiger partial charge in [0.25, 0.3) is 0 Å². The number of hydrogen-bond acceptors (Lipinski definition) is 1. The SMILES string of the molecule is CN(CC(C)(C)C)C(=N)N. The third-order valence-corrected chi connectivity index (χ3v) is 1.12. The summed E-state index contributed by atoms with van der Waals surface area (Å²) in [4.78, 5) is 1.74. The summed E-state index contributed by atoms with van der Waals surface area (Å²) in [5, 5.41) is 7.08. The third-order valence-electron chi connectivity index (χ3n) is 1.12. The zero-order valence-electron chi connectivity index (χ0n) is 7.23. The average molecular weight is 143 g/mol. The summed E-state index contributed by atoms with van der Waals surface area (Å²) in [6.45, 7) is 7.17. The molecular formula is C7H17N3. The average Bonchev–Trinajstić information content (AvgIpc) is 1.60. The molecule has 0 fully saturated rings. The number of nitrogens with two attached hydrogens (primary N) is 1.